The van der Waals surface area contributed by atoms with Gasteiger partial charge in [-0.3, -0.25) is 0 Å². The number of nitrogens with zero attached hydrogens (tertiary/aromatic N) is 1. The Balaban J connectivity index is 3.88. The van der Waals surface area contributed by atoms with Gasteiger partial charge in [-0.15, -0.1) is 0 Å². The average Bonchev–Trinajstić information content (AvgIpc) is 2.29. The summed E-state index contributed by atoms with van der Waals surface area (Å²) in [6.07, 6.45) is 7.61. The van der Waals surface area contributed by atoms with E-state index in [0.717, 1.165) is 6.54 Å². The van der Waals surface area contributed by atoms with E-state index in [9.17, 15) is 0 Å². The fourth-order valence-electron chi connectivity index (χ4n) is 1.50. The van der Waals surface area contributed by atoms with Crippen LogP contribution in [0.2, 0.25) is 0 Å². The summed E-state index contributed by atoms with van der Waals surface area (Å²) >= 11 is 3.19. The van der Waals surface area contributed by atoms with Gasteiger partial charge in [0.1, 0.15) is 0 Å². The first-order valence-corrected chi connectivity index (χ1v) is 7.64. The molecule has 16 heavy (non-hydrogen) atoms. The normalized spacial score (nSPS) is 10.2. The van der Waals surface area contributed by atoms with Crippen molar-refractivity contribution in [1.29, 1.82) is 0 Å². The van der Waals surface area contributed by atoms with Gasteiger partial charge in [-0.1, -0.05) is 0 Å². The van der Waals surface area contributed by atoms with E-state index in [-0.39, 0.29) is 0 Å². The van der Waals surface area contributed by atoms with Crippen molar-refractivity contribution in [3.05, 3.63) is 0 Å². The van der Waals surface area contributed by atoms with E-state index in [4.69, 9.17) is 0 Å². The summed E-state index contributed by atoms with van der Waals surface area (Å²) in [7, 11) is 0. The summed E-state index contributed by atoms with van der Waals surface area (Å²) in [6, 6.07) is 0. The number of hydrogen-bond donors (Lipinski definition) is 1. The maximum absolute atomic E-state index is 3.49. The van der Waals surface area contributed by atoms with Gasteiger partial charge < -0.3 is 0 Å². The third kappa shape index (κ3) is 8.18. The molecule has 0 aromatic heterocycles. The quantitative estimate of drug-likeness (QED) is 0.465. The topological polar surface area (TPSA) is 15.3 Å². The van der Waals surface area contributed by atoms with Crippen LogP contribution in [0.3, 0.4) is 0 Å². The van der Waals surface area contributed by atoms with Crippen LogP contribution in [0, 0.1) is 0 Å². The van der Waals surface area contributed by atoms with Crippen LogP contribution in [0.4, 0.5) is 0 Å². The van der Waals surface area contributed by atoms with Gasteiger partial charge >= 0.3 is 109 Å². The summed E-state index contributed by atoms with van der Waals surface area (Å²) in [4.78, 5) is 2.46. The van der Waals surface area contributed by atoms with Gasteiger partial charge in [0.15, 0.2) is 0 Å². The first-order chi connectivity index (χ1) is 7.76. The summed E-state index contributed by atoms with van der Waals surface area (Å²) in [6.45, 7) is 10.2. The molecule has 2 nitrogen and oxygen atoms in total. The molecule has 0 saturated carbocycles. The molecule has 0 aliphatic heterocycles. The molecule has 0 amide bonds. The van der Waals surface area contributed by atoms with Crippen molar-refractivity contribution in [1.82, 2.24) is 10.2 Å². The zero-order valence-electron chi connectivity index (χ0n) is 11.2. The molecule has 0 bridgehead atoms. The number of nitrogens with one attached hydrogen (secondary N) is 1. The number of rotatable bonds is 11. The van der Waals surface area contributed by atoms with E-state index in [1.807, 2.05) is 0 Å². The predicted octanol–water partition coefficient (Wildman–Crippen LogP) is 2.53. The second-order valence-electron chi connectivity index (χ2n) is 4.28. The molecule has 0 aromatic rings. The third-order valence-electron chi connectivity index (χ3n) is 2.66. The summed E-state index contributed by atoms with van der Waals surface area (Å²) in [5.74, 6) is 0. The van der Waals surface area contributed by atoms with Crippen molar-refractivity contribution >= 4 is 20.2 Å². The van der Waals surface area contributed by atoms with Gasteiger partial charge in [0.25, 0.3) is 0 Å². The molecular weight excluding hydrogens is 263 g/mol. The Labute approximate surface area is 110 Å². The molecule has 0 rings (SSSR count). The van der Waals surface area contributed by atoms with Crippen LogP contribution in [0.15, 0.2) is 0 Å². The van der Waals surface area contributed by atoms with E-state index in [1.165, 1.54) is 56.3 Å². The molecule has 0 aliphatic carbocycles. The first kappa shape index (κ1) is 16.0. The zero-order valence-corrected chi connectivity index (χ0v) is 12.9. The SMILES string of the molecule is CCCCNC(=[Se])N(CCCC)CCCC. The van der Waals surface area contributed by atoms with Crippen LogP contribution in [-0.2, 0) is 0 Å². The van der Waals surface area contributed by atoms with Crippen LogP contribution >= 0.6 is 0 Å². The van der Waals surface area contributed by atoms with E-state index < -0.39 is 0 Å². The van der Waals surface area contributed by atoms with Crippen molar-refractivity contribution in [2.75, 3.05) is 19.6 Å². The number of hydrogen-bond acceptors (Lipinski definition) is 2. The fourth-order valence-corrected chi connectivity index (χ4v) is 2.09. The standard InChI is InChI=1S/C13H28N2Se/c1-4-7-10-14-13(16)15(11-8-5-2)12-9-6-3/h4-12H2,1-3H3,(H,14,16). The molecule has 0 aliphatic rings. The van der Waals surface area contributed by atoms with Gasteiger partial charge in [-0.25, -0.2) is 0 Å². The first-order valence-electron chi connectivity index (χ1n) is 6.79. The van der Waals surface area contributed by atoms with E-state index >= 15 is 0 Å². The van der Waals surface area contributed by atoms with Crippen molar-refractivity contribution in [2.45, 2.75) is 59.3 Å². The third-order valence-corrected chi connectivity index (χ3v) is 3.50. The molecule has 0 unspecified atom stereocenters. The van der Waals surface area contributed by atoms with E-state index in [2.05, 4.69) is 46.6 Å². The molecule has 3 heteroatoms. The Morgan fingerprint density at radius 3 is 1.88 bits per heavy atom. The van der Waals surface area contributed by atoms with Crippen LogP contribution in [0.5, 0.6) is 0 Å². The van der Waals surface area contributed by atoms with E-state index in [0.29, 0.717) is 0 Å². The van der Waals surface area contributed by atoms with Gasteiger partial charge in [0, 0.05) is 0 Å². The number of unbranched alkanes of at least 4 members (excludes halogenated alkanes) is 3. The summed E-state index contributed by atoms with van der Waals surface area (Å²) < 4.78 is 1.25. The Bertz CT molecular complexity index is 163. The maximum atomic E-state index is 3.49. The Hall–Kier alpha value is -0.0105. The molecule has 0 radical (unpaired) electrons. The molecule has 96 valence electrons. The van der Waals surface area contributed by atoms with Crippen molar-refractivity contribution in [3.8, 4) is 0 Å². The minimum atomic E-state index is 1.09. The van der Waals surface area contributed by atoms with E-state index in [1.54, 1.807) is 0 Å². The zero-order chi connectivity index (χ0) is 12.2. The van der Waals surface area contributed by atoms with Crippen molar-refractivity contribution in [2.24, 2.45) is 0 Å². The molecular formula is C13H28N2Se. The van der Waals surface area contributed by atoms with Crippen LogP contribution in [-0.4, -0.2) is 44.8 Å². The monoisotopic (exact) mass is 292 g/mol. The van der Waals surface area contributed by atoms with Crippen molar-refractivity contribution in [3.63, 3.8) is 0 Å². The second kappa shape index (κ2) is 11.5. The van der Waals surface area contributed by atoms with Gasteiger partial charge in [-0.05, 0) is 0 Å². The molecule has 0 spiro atoms. The van der Waals surface area contributed by atoms with Crippen molar-refractivity contribution < 1.29 is 0 Å². The van der Waals surface area contributed by atoms with Gasteiger partial charge in [0.05, 0.1) is 0 Å². The van der Waals surface area contributed by atoms with Crippen LogP contribution in [0.25, 0.3) is 0 Å². The molecule has 1 N–H and O–H groups in total. The molecule has 0 fully saturated rings. The summed E-state index contributed by atoms with van der Waals surface area (Å²) in [5, 5.41) is 3.49. The fraction of sp³-hybridized carbons (Fsp3) is 0.923. The Kier molecular flexibility index (Phi) is 11.5. The average molecular weight is 291 g/mol. The Morgan fingerprint density at radius 2 is 1.44 bits per heavy atom. The van der Waals surface area contributed by atoms with Crippen LogP contribution < -0.4 is 5.32 Å². The molecule has 0 atom stereocenters. The second-order valence-corrected chi connectivity index (χ2v) is 5.09. The van der Waals surface area contributed by atoms with Gasteiger partial charge in [0.2, 0.25) is 0 Å². The molecule has 0 saturated heterocycles. The molecule has 0 aromatic carbocycles. The predicted molar refractivity (Wildman–Crippen MR) is 75.1 cm³/mol. The molecule has 0 heterocycles. The Morgan fingerprint density at radius 1 is 0.938 bits per heavy atom. The summed E-state index contributed by atoms with van der Waals surface area (Å²) in [5.41, 5.74) is 0. The van der Waals surface area contributed by atoms with Gasteiger partial charge in [-0.2, -0.15) is 0 Å². The van der Waals surface area contributed by atoms with Crippen LogP contribution in [0.1, 0.15) is 59.3 Å². The minimum absolute atomic E-state index is 1.09.